The van der Waals surface area contributed by atoms with Crippen LogP contribution in [0.1, 0.15) is 41.7 Å². The van der Waals surface area contributed by atoms with Crippen molar-refractivity contribution in [3.8, 4) is 11.1 Å². The summed E-state index contributed by atoms with van der Waals surface area (Å²) in [4.78, 5) is 24.7. The Hall–Kier alpha value is -2.86. The molecular weight excluding hydrogens is 378 g/mol. The maximum Gasteiger partial charge on any atom is 0.357 e. The molecule has 1 aromatic heterocycles. The van der Waals surface area contributed by atoms with Gasteiger partial charge >= 0.3 is 5.97 Å². The minimum Gasteiger partial charge on any atom is -0.476 e. The predicted octanol–water partition coefficient (Wildman–Crippen LogP) is 4.31. The van der Waals surface area contributed by atoms with Crippen LogP contribution in [0.4, 0.5) is 0 Å². The Morgan fingerprint density at radius 2 is 1.86 bits per heavy atom. The second-order valence-electron chi connectivity index (χ2n) is 7.16. The maximum atomic E-state index is 11.5. The van der Waals surface area contributed by atoms with Crippen LogP contribution in [0, 0.1) is 0 Å². The van der Waals surface area contributed by atoms with Crippen molar-refractivity contribution < 1.29 is 14.7 Å². The number of aromatic carboxylic acids is 1. The van der Waals surface area contributed by atoms with Gasteiger partial charge in [0.25, 0.3) is 0 Å². The van der Waals surface area contributed by atoms with Crippen molar-refractivity contribution in [2.45, 2.75) is 25.7 Å². The van der Waals surface area contributed by atoms with Crippen LogP contribution in [-0.2, 0) is 4.79 Å². The van der Waals surface area contributed by atoms with Crippen molar-refractivity contribution >= 4 is 34.4 Å². The topological polar surface area (TPSA) is 86.3 Å². The van der Waals surface area contributed by atoms with Gasteiger partial charge < -0.3 is 10.0 Å². The van der Waals surface area contributed by atoms with E-state index in [1.165, 1.54) is 5.56 Å². The molecule has 1 amide bonds. The van der Waals surface area contributed by atoms with Crippen molar-refractivity contribution in [2.24, 2.45) is 0 Å². The Kier molecular flexibility index (Phi) is 4.81. The van der Waals surface area contributed by atoms with E-state index in [2.05, 4.69) is 22.3 Å². The summed E-state index contributed by atoms with van der Waals surface area (Å²) in [5.74, 6) is -0.499. The lowest BCUT2D eigenvalue weighted by Crippen LogP contribution is -2.36. The number of nitrogens with one attached hydrogen (secondary N) is 1. The van der Waals surface area contributed by atoms with Crippen LogP contribution in [0.2, 0.25) is 5.02 Å². The lowest BCUT2D eigenvalue weighted by atomic mass is 9.88. The SMILES string of the molecule is CC(=O)N1CCC(c2ccc(-c3cc4c(C(=O)O)n[nH]c4cc3Cl)cc2)CC1. The van der Waals surface area contributed by atoms with Crippen molar-refractivity contribution in [1.82, 2.24) is 15.1 Å². The number of carboxylic acids is 1. The van der Waals surface area contributed by atoms with Crippen molar-refractivity contribution in [3.63, 3.8) is 0 Å². The van der Waals surface area contributed by atoms with Gasteiger partial charge in [-0.15, -0.1) is 0 Å². The van der Waals surface area contributed by atoms with Crippen LogP contribution >= 0.6 is 11.6 Å². The first-order chi connectivity index (χ1) is 13.4. The van der Waals surface area contributed by atoms with Crippen LogP contribution in [0.15, 0.2) is 36.4 Å². The summed E-state index contributed by atoms with van der Waals surface area (Å²) in [6, 6.07) is 11.7. The molecule has 2 heterocycles. The first kappa shape index (κ1) is 18.5. The molecule has 0 saturated carbocycles. The second-order valence-corrected chi connectivity index (χ2v) is 7.56. The summed E-state index contributed by atoms with van der Waals surface area (Å²) in [7, 11) is 0. The third-order valence-corrected chi connectivity index (χ3v) is 5.80. The molecule has 6 nitrogen and oxygen atoms in total. The third kappa shape index (κ3) is 3.36. The van der Waals surface area contributed by atoms with Gasteiger partial charge in [-0.05, 0) is 42.0 Å². The number of hydrogen-bond donors (Lipinski definition) is 2. The molecule has 4 rings (SSSR count). The van der Waals surface area contributed by atoms with E-state index in [9.17, 15) is 14.7 Å². The predicted molar refractivity (Wildman–Crippen MR) is 108 cm³/mol. The van der Waals surface area contributed by atoms with E-state index in [4.69, 9.17) is 11.6 Å². The Morgan fingerprint density at radius 3 is 2.46 bits per heavy atom. The summed E-state index contributed by atoms with van der Waals surface area (Å²) in [6.45, 7) is 3.21. The summed E-state index contributed by atoms with van der Waals surface area (Å²) < 4.78 is 0. The van der Waals surface area contributed by atoms with Gasteiger partial charge in [-0.1, -0.05) is 35.9 Å². The van der Waals surface area contributed by atoms with Crippen LogP contribution < -0.4 is 0 Å². The second kappa shape index (κ2) is 7.28. The minimum absolute atomic E-state index is 0.0123. The first-order valence-electron chi connectivity index (χ1n) is 9.21. The monoisotopic (exact) mass is 397 g/mol. The number of carbonyl (C=O) groups excluding carboxylic acids is 1. The van der Waals surface area contributed by atoms with Gasteiger partial charge in [-0.3, -0.25) is 9.89 Å². The highest BCUT2D eigenvalue weighted by atomic mass is 35.5. The van der Waals surface area contributed by atoms with Gasteiger partial charge in [-0.2, -0.15) is 5.10 Å². The zero-order chi connectivity index (χ0) is 19.8. The molecule has 1 fully saturated rings. The number of likely N-dealkylation sites (tertiary alicyclic amines) is 1. The van der Waals surface area contributed by atoms with Crippen molar-refractivity contribution in [2.75, 3.05) is 13.1 Å². The van der Waals surface area contributed by atoms with Crippen LogP contribution in [0.5, 0.6) is 0 Å². The fraction of sp³-hybridized carbons (Fsp3) is 0.286. The molecule has 1 aliphatic rings. The van der Waals surface area contributed by atoms with Gasteiger partial charge in [-0.25, -0.2) is 4.79 Å². The molecule has 0 bridgehead atoms. The van der Waals surface area contributed by atoms with Gasteiger partial charge in [0.05, 0.1) is 10.5 Å². The number of benzene rings is 2. The number of hydrogen-bond acceptors (Lipinski definition) is 3. The highest BCUT2D eigenvalue weighted by molar-refractivity contribution is 6.34. The van der Waals surface area contributed by atoms with Gasteiger partial charge in [0.2, 0.25) is 5.91 Å². The lowest BCUT2D eigenvalue weighted by Gasteiger charge is -2.31. The number of halogens is 1. The van der Waals surface area contributed by atoms with Crippen LogP contribution in [-0.4, -0.2) is 45.2 Å². The van der Waals surface area contributed by atoms with Gasteiger partial charge in [0, 0.05) is 31.0 Å². The third-order valence-electron chi connectivity index (χ3n) is 5.49. The molecule has 3 aromatic rings. The number of carboxylic acid groups (broad SMARTS) is 1. The largest absolute Gasteiger partial charge is 0.476 e. The Balaban J connectivity index is 1.60. The zero-order valence-electron chi connectivity index (χ0n) is 15.4. The minimum atomic E-state index is -1.08. The number of piperidine rings is 1. The number of aromatic amines is 1. The first-order valence-corrected chi connectivity index (χ1v) is 9.58. The average Bonchev–Trinajstić information content (AvgIpc) is 3.10. The standard InChI is InChI=1S/C21H20ClN3O3/c1-12(26)25-8-6-14(7-9-25)13-2-4-15(5-3-13)16-10-17-19(11-18(16)22)23-24-20(17)21(27)28/h2-5,10-11,14H,6-9H2,1H3,(H,23,24)(H,27,28). The fourth-order valence-electron chi connectivity index (χ4n) is 3.88. The smallest absolute Gasteiger partial charge is 0.357 e. The number of fused-ring (bicyclic) bond motifs is 1. The Bertz CT molecular complexity index is 1050. The number of carbonyl (C=O) groups is 2. The van der Waals surface area contributed by atoms with E-state index in [-0.39, 0.29) is 11.6 Å². The molecule has 0 spiro atoms. The van der Waals surface area contributed by atoms with E-state index in [1.54, 1.807) is 19.1 Å². The molecule has 1 saturated heterocycles. The van der Waals surface area contributed by atoms with E-state index in [0.717, 1.165) is 37.1 Å². The highest BCUT2D eigenvalue weighted by Gasteiger charge is 2.22. The molecular formula is C21H20ClN3O3. The lowest BCUT2D eigenvalue weighted by molar-refractivity contribution is -0.129. The van der Waals surface area contributed by atoms with E-state index in [1.807, 2.05) is 17.0 Å². The number of amides is 1. The summed E-state index contributed by atoms with van der Waals surface area (Å²) >= 11 is 6.43. The van der Waals surface area contributed by atoms with Crippen LogP contribution in [0.25, 0.3) is 22.0 Å². The van der Waals surface area contributed by atoms with Crippen molar-refractivity contribution in [1.29, 1.82) is 0 Å². The van der Waals surface area contributed by atoms with E-state index >= 15 is 0 Å². The quantitative estimate of drug-likeness (QED) is 0.689. The fourth-order valence-corrected chi connectivity index (χ4v) is 4.16. The van der Waals surface area contributed by atoms with Gasteiger partial charge in [0.1, 0.15) is 0 Å². The highest BCUT2D eigenvalue weighted by Crippen LogP contribution is 2.35. The normalized spacial score (nSPS) is 15.1. The summed E-state index contributed by atoms with van der Waals surface area (Å²) in [5.41, 5.74) is 3.53. The van der Waals surface area contributed by atoms with Gasteiger partial charge in [0.15, 0.2) is 5.69 Å². The number of H-pyrrole nitrogens is 1. The summed E-state index contributed by atoms with van der Waals surface area (Å²) in [6.07, 6.45) is 1.92. The molecule has 0 atom stereocenters. The molecule has 0 aliphatic carbocycles. The van der Waals surface area contributed by atoms with E-state index in [0.29, 0.717) is 21.8 Å². The maximum absolute atomic E-state index is 11.5. The number of aromatic nitrogens is 2. The molecule has 144 valence electrons. The molecule has 0 radical (unpaired) electrons. The number of nitrogens with zero attached hydrogens (tertiary/aromatic N) is 2. The van der Waals surface area contributed by atoms with Crippen molar-refractivity contribution in [3.05, 3.63) is 52.7 Å². The number of rotatable bonds is 3. The Labute approximate surface area is 167 Å². The van der Waals surface area contributed by atoms with Crippen LogP contribution in [0.3, 0.4) is 0 Å². The molecule has 2 N–H and O–H groups in total. The summed E-state index contributed by atoms with van der Waals surface area (Å²) in [5, 5.41) is 16.9. The average molecular weight is 398 g/mol. The van der Waals surface area contributed by atoms with E-state index < -0.39 is 5.97 Å². The molecule has 2 aromatic carbocycles. The molecule has 28 heavy (non-hydrogen) atoms. The molecule has 0 unspecified atom stereocenters. The Morgan fingerprint density at radius 1 is 1.18 bits per heavy atom. The zero-order valence-corrected chi connectivity index (χ0v) is 16.2. The molecule has 1 aliphatic heterocycles. The molecule has 7 heteroatoms.